The van der Waals surface area contributed by atoms with E-state index in [1.165, 1.54) is 18.5 Å². The number of nitrogens with one attached hydrogen (secondary N) is 2. The number of carboxylic acids is 1. The molecule has 2 heterocycles. The van der Waals surface area contributed by atoms with Crippen LogP contribution in [0.3, 0.4) is 0 Å². The highest BCUT2D eigenvalue weighted by atomic mass is 16.4. The van der Waals surface area contributed by atoms with Crippen molar-refractivity contribution in [3.8, 4) is 17.0 Å². The van der Waals surface area contributed by atoms with Crippen molar-refractivity contribution >= 4 is 16.9 Å². The summed E-state index contributed by atoms with van der Waals surface area (Å²) in [6.45, 7) is 5.16. The van der Waals surface area contributed by atoms with E-state index in [4.69, 9.17) is 0 Å². The summed E-state index contributed by atoms with van der Waals surface area (Å²) in [5, 5.41) is 24.7. The number of pyridine rings is 1. The van der Waals surface area contributed by atoms with Crippen LogP contribution in [0.2, 0.25) is 0 Å². The minimum Gasteiger partial charge on any atom is -0.506 e. The quantitative estimate of drug-likeness (QED) is 0.515. The highest BCUT2D eigenvalue weighted by Gasteiger charge is 2.36. The Morgan fingerprint density at radius 1 is 1.32 bits per heavy atom. The van der Waals surface area contributed by atoms with Crippen LogP contribution in [0, 0.1) is 0 Å². The molecule has 31 heavy (non-hydrogen) atoms. The highest BCUT2D eigenvalue weighted by Crippen LogP contribution is 2.42. The van der Waals surface area contributed by atoms with Gasteiger partial charge in [-0.3, -0.25) is 4.79 Å². The van der Waals surface area contributed by atoms with Crippen molar-refractivity contribution in [3.05, 3.63) is 50.9 Å². The summed E-state index contributed by atoms with van der Waals surface area (Å²) >= 11 is 0. The number of hydrogen-bond donors (Lipinski definition) is 4. The number of H-pyrrole nitrogens is 1. The highest BCUT2D eigenvalue weighted by molar-refractivity contribution is 5.93. The largest absolute Gasteiger partial charge is 0.506 e. The molecule has 2 aliphatic carbocycles. The van der Waals surface area contributed by atoms with Crippen LogP contribution in [-0.2, 0) is 20.0 Å². The smallest absolute Gasteiger partial charge is 0.345 e. The molecule has 2 aliphatic rings. The zero-order valence-electron chi connectivity index (χ0n) is 18.0. The first-order valence-electron chi connectivity index (χ1n) is 10.8. The van der Waals surface area contributed by atoms with Gasteiger partial charge in [0.25, 0.3) is 5.56 Å². The van der Waals surface area contributed by atoms with E-state index >= 15 is 0 Å². The molecule has 3 aromatic rings. The van der Waals surface area contributed by atoms with E-state index in [2.05, 4.69) is 54.0 Å². The maximum Gasteiger partial charge on any atom is 0.345 e. The lowest BCUT2D eigenvalue weighted by molar-refractivity contribution is 0.0691. The number of aromatic carboxylic acids is 1. The van der Waals surface area contributed by atoms with E-state index in [0.29, 0.717) is 17.7 Å². The molecule has 1 unspecified atom stereocenters. The minimum atomic E-state index is -1.42. The third kappa shape index (κ3) is 3.15. The van der Waals surface area contributed by atoms with E-state index in [9.17, 15) is 19.8 Å². The Balaban J connectivity index is 1.68. The Labute approximate surface area is 179 Å². The molecule has 0 aliphatic heterocycles. The minimum absolute atomic E-state index is 0.199. The van der Waals surface area contributed by atoms with Crippen LogP contribution < -0.4 is 10.9 Å². The van der Waals surface area contributed by atoms with Gasteiger partial charge in [0.05, 0.1) is 5.69 Å². The third-order valence-corrected chi connectivity index (χ3v) is 7.14. The van der Waals surface area contributed by atoms with E-state index in [0.717, 1.165) is 35.0 Å². The van der Waals surface area contributed by atoms with Crippen molar-refractivity contribution in [2.24, 2.45) is 7.05 Å². The normalized spacial score (nSPS) is 19.0. The number of rotatable bonds is 4. The lowest BCUT2D eigenvalue weighted by Gasteiger charge is -2.15. The van der Waals surface area contributed by atoms with E-state index in [-0.39, 0.29) is 11.5 Å². The number of nitrogens with zero attached hydrogens (tertiary/aromatic N) is 1. The standard InChI is InChI=1S/C24H27N3O4/c1-12-4-5-15-20(26-22(29)19(21(15)28)23(30)31)17-9-13-8-14(11-25-24(2)6-7-24)27(3)18(13)10-16(12)17/h8-10,12,25H,4-7,11H2,1-3H3,(H,30,31)(H2,26,28,29). The predicted molar refractivity (Wildman–Crippen MR) is 119 cm³/mol. The molecule has 1 fully saturated rings. The number of aromatic amines is 1. The Hall–Kier alpha value is -3.06. The lowest BCUT2D eigenvalue weighted by atomic mass is 9.92. The topological polar surface area (TPSA) is 107 Å². The SMILES string of the molecule is CC1CCc2c([nH]c(=O)c(C(=O)O)c2O)-c2cc3cc(CNC4(C)CC4)n(C)c3cc21. The van der Waals surface area contributed by atoms with Crippen LogP contribution in [0.1, 0.15) is 66.2 Å². The molecule has 0 amide bonds. The average molecular weight is 421 g/mol. The fourth-order valence-electron chi connectivity index (χ4n) is 4.74. The first-order valence-corrected chi connectivity index (χ1v) is 10.8. The van der Waals surface area contributed by atoms with Crippen molar-refractivity contribution in [3.63, 3.8) is 0 Å². The monoisotopic (exact) mass is 421 g/mol. The van der Waals surface area contributed by atoms with E-state index in [1.807, 2.05) is 0 Å². The Morgan fingerprint density at radius 3 is 2.74 bits per heavy atom. The molecule has 0 bridgehead atoms. The second-order valence-corrected chi connectivity index (χ2v) is 9.38. The average Bonchev–Trinajstić information content (AvgIpc) is 3.39. The van der Waals surface area contributed by atoms with Crippen molar-refractivity contribution in [2.45, 2.75) is 57.5 Å². The zero-order chi connectivity index (χ0) is 22.1. The van der Waals surface area contributed by atoms with Gasteiger partial charge in [0, 0.05) is 46.9 Å². The van der Waals surface area contributed by atoms with Crippen molar-refractivity contribution < 1.29 is 15.0 Å². The summed E-state index contributed by atoms with van der Waals surface area (Å²) in [5.74, 6) is -1.63. The van der Waals surface area contributed by atoms with Gasteiger partial charge in [-0.05, 0) is 62.3 Å². The molecule has 1 aromatic carbocycles. The molecule has 1 saturated carbocycles. The van der Waals surface area contributed by atoms with Gasteiger partial charge in [-0.2, -0.15) is 0 Å². The number of hydrogen-bond acceptors (Lipinski definition) is 4. The van der Waals surface area contributed by atoms with Crippen molar-refractivity contribution in [1.29, 1.82) is 0 Å². The summed E-state index contributed by atoms with van der Waals surface area (Å²) in [5.41, 5.74) is 4.19. The fourth-order valence-corrected chi connectivity index (χ4v) is 4.74. The molecule has 7 nitrogen and oxygen atoms in total. The number of fused-ring (bicyclic) bond motifs is 4. The molecular weight excluding hydrogens is 394 g/mol. The molecule has 0 radical (unpaired) electrons. The molecule has 0 spiro atoms. The zero-order valence-corrected chi connectivity index (χ0v) is 18.0. The number of carbonyl (C=O) groups is 1. The Bertz CT molecular complexity index is 1300. The van der Waals surface area contributed by atoms with Crippen LogP contribution in [0.15, 0.2) is 23.0 Å². The van der Waals surface area contributed by atoms with Crippen molar-refractivity contribution in [1.82, 2.24) is 14.9 Å². The lowest BCUT2D eigenvalue weighted by Crippen LogP contribution is -2.27. The van der Waals surface area contributed by atoms with Gasteiger partial charge in [-0.25, -0.2) is 4.79 Å². The molecule has 0 saturated heterocycles. The molecule has 1 atom stereocenters. The number of aromatic hydroxyl groups is 1. The summed E-state index contributed by atoms with van der Waals surface area (Å²) in [6, 6.07) is 6.39. The Kier molecular flexibility index (Phi) is 4.31. The maximum absolute atomic E-state index is 12.5. The summed E-state index contributed by atoms with van der Waals surface area (Å²) < 4.78 is 2.21. The second kappa shape index (κ2) is 6.72. The number of benzene rings is 1. The van der Waals surface area contributed by atoms with Gasteiger partial charge < -0.3 is 25.1 Å². The predicted octanol–water partition coefficient (Wildman–Crippen LogP) is 3.63. The van der Waals surface area contributed by atoms with Gasteiger partial charge in [0.1, 0.15) is 5.75 Å². The van der Waals surface area contributed by atoms with Crippen molar-refractivity contribution in [2.75, 3.05) is 0 Å². The second-order valence-electron chi connectivity index (χ2n) is 9.38. The van der Waals surface area contributed by atoms with Crippen LogP contribution in [0.25, 0.3) is 22.2 Å². The Morgan fingerprint density at radius 2 is 2.06 bits per heavy atom. The summed E-state index contributed by atoms with van der Waals surface area (Å²) in [7, 11) is 2.07. The summed E-state index contributed by atoms with van der Waals surface area (Å²) in [6.07, 6.45) is 3.66. The van der Waals surface area contributed by atoms with Crippen LogP contribution >= 0.6 is 0 Å². The van der Waals surface area contributed by atoms with E-state index < -0.39 is 22.8 Å². The first kappa shape index (κ1) is 19.9. The molecule has 7 heteroatoms. The summed E-state index contributed by atoms with van der Waals surface area (Å²) in [4.78, 5) is 26.7. The van der Waals surface area contributed by atoms with Crippen LogP contribution in [0.4, 0.5) is 0 Å². The molecular formula is C24H27N3O4. The van der Waals surface area contributed by atoms with E-state index in [1.54, 1.807) is 0 Å². The molecule has 2 aromatic heterocycles. The number of aryl methyl sites for hydroxylation is 1. The van der Waals surface area contributed by atoms with Gasteiger partial charge in [0.15, 0.2) is 5.56 Å². The number of carboxylic acid groups (broad SMARTS) is 1. The molecule has 5 rings (SSSR count). The van der Waals surface area contributed by atoms with Gasteiger partial charge in [0.2, 0.25) is 0 Å². The van der Waals surface area contributed by atoms with Gasteiger partial charge >= 0.3 is 5.97 Å². The van der Waals surface area contributed by atoms with Crippen LogP contribution in [-0.4, -0.2) is 31.3 Å². The molecule has 162 valence electrons. The first-order chi connectivity index (χ1) is 14.7. The van der Waals surface area contributed by atoms with Gasteiger partial charge in [-0.15, -0.1) is 0 Å². The molecule has 4 N–H and O–H groups in total. The third-order valence-electron chi connectivity index (χ3n) is 7.14. The van der Waals surface area contributed by atoms with Crippen LogP contribution in [0.5, 0.6) is 5.75 Å². The number of aromatic nitrogens is 2. The fraction of sp³-hybridized carbons (Fsp3) is 0.417. The maximum atomic E-state index is 12.5. The van der Waals surface area contributed by atoms with Gasteiger partial charge in [-0.1, -0.05) is 6.92 Å².